The Bertz CT molecular complexity index is 1020. The number of carboxylic acid groups (broad SMARTS) is 2. The zero-order valence-corrected chi connectivity index (χ0v) is 22.0. The minimum atomic E-state index is -1.06. The second-order valence-electron chi connectivity index (χ2n) is 8.45. The van der Waals surface area contributed by atoms with Gasteiger partial charge in [-0.25, -0.2) is 9.59 Å². The van der Waals surface area contributed by atoms with E-state index >= 15 is 0 Å². The minimum Gasteiger partial charge on any atom is -0.491 e. The second kappa shape index (κ2) is 17.5. The highest BCUT2D eigenvalue weighted by Crippen LogP contribution is 2.33. The van der Waals surface area contributed by atoms with E-state index in [2.05, 4.69) is 13.8 Å². The van der Waals surface area contributed by atoms with Crippen molar-refractivity contribution in [2.24, 2.45) is 0 Å². The normalized spacial score (nSPS) is 10.3. The molecule has 212 valence electrons. The van der Waals surface area contributed by atoms with Gasteiger partial charge in [-0.3, -0.25) is 0 Å². The molecule has 0 saturated heterocycles. The topological polar surface area (TPSA) is 174 Å². The van der Waals surface area contributed by atoms with Crippen LogP contribution in [0.15, 0.2) is 72.8 Å². The monoisotopic (exact) mass is 544 g/mol. The average Bonchev–Trinajstić information content (AvgIpc) is 2.96. The van der Waals surface area contributed by atoms with Gasteiger partial charge in [0.2, 0.25) is 0 Å². The highest BCUT2D eigenvalue weighted by Gasteiger charge is 2.23. The van der Waals surface area contributed by atoms with Gasteiger partial charge in [-0.1, -0.05) is 38.1 Å². The fraction of sp³-hybridized carbons (Fsp3) is 0.310. The Labute approximate surface area is 227 Å². The lowest BCUT2D eigenvalue weighted by molar-refractivity contribution is 0.0681. The Kier molecular flexibility index (Phi) is 14.9. The van der Waals surface area contributed by atoms with Crippen LogP contribution in [0.5, 0.6) is 11.5 Å². The van der Waals surface area contributed by atoms with Crippen LogP contribution in [0.25, 0.3) is 0 Å². The third-order valence-electron chi connectivity index (χ3n) is 5.35. The van der Waals surface area contributed by atoms with Gasteiger partial charge in [0.05, 0.1) is 37.6 Å². The molecular formula is C29H36O10. The largest absolute Gasteiger partial charge is 0.491 e. The summed E-state index contributed by atoms with van der Waals surface area (Å²) in [6.45, 7) is 4.71. The molecule has 3 rings (SSSR count). The SMILES string of the molecule is CC(C)(c1ccc(OCCO)cc1)c1ccc(OCCO)cc1.O=C(O)c1ccc(C(=O)O)cc1.OCCO. The molecule has 6 N–H and O–H groups in total. The summed E-state index contributed by atoms with van der Waals surface area (Å²) in [5.41, 5.74) is 2.38. The molecule has 3 aromatic rings. The van der Waals surface area contributed by atoms with Gasteiger partial charge in [0.15, 0.2) is 0 Å². The van der Waals surface area contributed by atoms with Crippen LogP contribution in [0.2, 0.25) is 0 Å². The molecule has 0 radical (unpaired) electrons. The van der Waals surface area contributed by atoms with Gasteiger partial charge in [0.25, 0.3) is 0 Å². The highest BCUT2D eigenvalue weighted by molar-refractivity contribution is 5.91. The number of aromatic carboxylic acids is 2. The third-order valence-corrected chi connectivity index (χ3v) is 5.35. The molecule has 39 heavy (non-hydrogen) atoms. The first-order chi connectivity index (χ1) is 18.6. The first-order valence-electron chi connectivity index (χ1n) is 12.1. The Morgan fingerprint density at radius 1 is 0.564 bits per heavy atom. The fourth-order valence-electron chi connectivity index (χ4n) is 3.18. The van der Waals surface area contributed by atoms with Gasteiger partial charge in [-0.2, -0.15) is 0 Å². The van der Waals surface area contributed by atoms with Crippen molar-refractivity contribution in [3.05, 3.63) is 95.1 Å². The van der Waals surface area contributed by atoms with Crippen molar-refractivity contribution < 1.29 is 49.7 Å². The van der Waals surface area contributed by atoms with Gasteiger partial charge in [-0.15, -0.1) is 0 Å². The number of aliphatic hydroxyl groups is 4. The summed E-state index contributed by atoms with van der Waals surface area (Å²) in [4.78, 5) is 20.7. The Morgan fingerprint density at radius 3 is 1.10 bits per heavy atom. The van der Waals surface area contributed by atoms with E-state index in [1.807, 2.05) is 48.5 Å². The molecule has 0 bridgehead atoms. The molecule has 0 aromatic heterocycles. The average molecular weight is 545 g/mol. The van der Waals surface area contributed by atoms with Gasteiger partial charge < -0.3 is 40.1 Å². The van der Waals surface area contributed by atoms with Crippen LogP contribution in [-0.2, 0) is 5.41 Å². The number of aliphatic hydroxyl groups excluding tert-OH is 4. The van der Waals surface area contributed by atoms with Crippen molar-refractivity contribution in [1.29, 1.82) is 0 Å². The van der Waals surface area contributed by atoms with Gasteiger partial charge in [-0.05, 0) is 59.7 Å². The Morgan fingerprint density at radius 2 is 0.872 bits per heavy atom. The molecule has 0 aliphatic carbocycles. The molecular weight excluding hydrogens is 508 g/mol. The number of carboxylic acids is 2. The summed E-state index contributed by atoms with van der Waals surface area (Å²) in [6, 6.07) is 20.9. The van der Waals surface area contributed by atoms with E-state index < -0.39 is 11.9 Å². The number of benzene rings is 3. The molecule has 0 aliphatic rings. The van der Waals surface area contributed by atoms with Crippen molar-refractivity contribution in [3.63, 3.8) is 0 Å². The fourth-order valence-corrected chi connectivity index (χ4v) is 3.18. The summed E-state index contributed by atoms with van der Waals surface area (Å²) >= 11 is 0. The summed E-state index contributed by atoms with van der Waals surface area (Å²) in [7, 11) is 0. The lowest BCUT2D eigenvalue weighted by Gasteiger charge is -2.26. The van der Waals surface area contributed by atoms with E-state index in [1.165, 1.54) is 35.4 Å². The number of hydrogen-bond acceptors (Lipinski definition) is 8. The van der Waals surface area contributed by atoms with E-state index in [9.17, 15) is 9.59 Å². The lowest BCUT2D eigenvalue weighted by atomic mass is 9.78. The molecule has 0 unspecified atom stereocenters. The molecule has 0 amide bonds. The first kappa shape index (κ1) is 33.1. The Hall–Kier alpha value is -3.96. The molecule has 0 spiro atoms. The predicted octanol–water partition coefficient (Wildman–Crippen LogP) is 2.81. The summed E-state index contributed by atoms with van der Waals surface area (Å²) < 4.78 is 10.8. The smallest absolute Gasteiger partial charge is 0.335 e. The van der Waals surface area contributed by atoms with Crippen LogP contribution in [0, 0.1) is 0 Å². The summed E-state index contributed by atoms with van der Waals surface area (Å²) in [6.07, 6.45) is 0. The molecule has 3 aromatic carbocycles. The third kappa shape index (κ3) is 11.5. The van der Waals surface area contributed by atoms with E-state index in [0.29, 0.717) is 13.2 Å². The van der Waals surface area contributed by atoms with E-state index in [0.717, 1.165) is 11.5 Å². The van der Waals surface area contributed by atoms with Gasteiger partial charge in [0.1, 0.15) is 24.7 Å². The predicted molar refractivity (Wildman–Crippen MR) is 145 cm³/mol. The van der Waals surface area contributed by atoms with Crippen LogP contribution in [0.1, 0.15) is 45.7 Å². The minimum absolute atomic E-state index is 0.0119. The first-order valence-corrected chi connectivity index (χ1v) is 12.1. The molecule has 0 saturated carbocycles. The Balaban J connectivity index is 0.000000396. The van der Waals surface area contributed by atoms with Crippen LogP contribution in [0.3, 0.4) is 0 Å². The zero-order chi connectivity index (χ0) is 29.3. The van der Waals surface area contributed by atoms with Crippen molar-refractivity contribution in [2.45, 2.75) is 19.3 Å². The maximum atomic E-state index is 10.3. The van der Waals surface area contributed by atoms with Crippen molar-refractivity contribution in [2.75, 3.05) is 39.6 Å². The maximum Gasteiger partial charge on any atom is 0.335 e. The summed E-state index contributed by atoms with van der Waals surface area (Å²) in [5, 5.41) is 49.8. The molecule has 10 heteroatoms. The van der Waals surface area contributed by atoms with Crippen LogP contribution < -0.4 is 9.47 Å². The van der Waals surface area contributed by atoms with E-state index in [4.69, 9.17) is 40.1 Å². The summed E-state index contributed by atoms with van der Waals surface area (Å²) in [5.74, 6) is -0.614. The van der Waals surface area contributed by atoms with Crippen LogP contribution in [-0.4, -0.2) is 82.2 Å². The number of carbonyl (C=O) groups is 2. The van der Waals surface area contributed by atoms with Crippen molar-refractivity contribution >= 4 is 11.9 Å². The van der Waals surface area contributed by atoms with Gasteiger partial charge >= 0.3 is 11.9 Å². The van der Waals surface area contributed by atoms with Crippen molar-refractivity contribution in [3.8, 4) is 11.5 Å². The molecule has 0 atom stereocenters. The number of rotatable bonds is 11. The highest BCUT2D eigenvalue weighted by atomic mass is 16.5. The van der Waals surface area contributed by atoms with Crippen LogP contribution in [0.4, 0.5) is 0 Å². The number of ether oxygens (including phenoxy) is 2. The van der Waals surface area contributed by atoms with Crippen molar-refractivity contribution in [1.82, 2.24) is 0 Å². The van der Waals surface area contributed by atoms with Gasteiger partial charge in [0, 0.05) is 5.41 Å². The quantitative estimate of drug-likeness (QED) is 0.211. The molecule has 10 nitrogen and oxygen atoms in total. The maximum absolute atomic E-state index is 10.3. The standard InChI is InChI=1S/C19H24O4.C8H6O4.C2H6O2/c1-19(2,15-3-7-17(8-4-15)22-13-11-20)16-5-9-18(10-6-16)23-14-12-21;9-7(10)5-1-2-6(4-3-5)8(11)12;3-1-2-4/h3-10,20-21H,11-14H2,1-2H3;1-4H,(H,9,10)(H,11,12);3-4H,1-2H2. The van der Waals surface area contributed by atoms with E-state index in [1.54, 1.807) is 0 Å². The second-order valence-corrected chi connectivity index (χ2v) is 8.45. The lowest BCUT2D eigenvalue weighted by Crippen LogP contribution is -2.18. The molecule has 0 heterocycles. The van der Waals surface area contributed by atoms with Crippen LogP contribution >= 0.6 is 0 Å². The molecule has 0 aliphatic heterocycles. The number of hydrogen-bond donors (Lipinski definition) is 6. The van der Waals surface area contributed by atoms with E-state index in [-0.39, 0.29) is 43.0 Å². The zero-order valence-electron chi connectivity index (χ0n) is 22.0. The molecule has 0 fully saturated rings.